The van der Waals surface area contributed by atoms with Gasteiger partial charge >= 0.3 is 0 Å². The van der Waals surface area contributed by atoms with Crippen molar-refractivity contribution in [2.45, 2.75) is 38.8 Å². The standard InChI is InChI=1S/C24H36N6O2.HI/c1-25-24(29-15-13-27(14-16-29)19-23(32)28-11-4-5-12-28)26-10-6-9-22(31)30-17-20-7-2-3-8-21(20)18-30;/h2-3,7-8H,4-6,9-19H2,1H3,(H,25,26);1H. The van der Waals surface area contributed by atoms with Crippen molar-refractivity contribution in [3.05, 3.63) is 35.4 Å². The normalized spacial score (nSPS) is 18.8. The molecule has 0 atom stereocenters. The molecule has 3 heterocycles. The zero-order chi connectivity index (χ0) is 22.3. The molecule has 0 saturated carbocycles. The zero-order valence-corrected chi connectivity index (χ0v) is 22.0. The van der Waals surface area contributed by atoms with Crippen molar-refractivity contribution in [3.8, 4) is 0 Å². The van der Waals surface area contributed by atoms with Crippen LogP contribution in [0.5, 0.6) is 0 Å². The molecule has 1 aromatic carbocycles. The summed E-state index contributed by atoms with van der Waals surface area (Å²) in [7, 11) is 1.80. The van der Waals surface area contributed by atoms with Gasteiger partial charge in [-0.2, -0.15) is 0 Å². The third kappa shape index (κ3) is 6.81. The average Bonchev–Trinajstić information content (AvgIpc) is 3.50. The van der Waals surface area contributed by atoms with Crippen molar-refractivity contribution in [3.63, 3.8) is 0 Å². The Labute approximate surface area is 214 Å². The molecule has 0 aliphatic carbocycles. The number of guanidine groups is 1. The summed E-state index contributed by atoms with van der Waals surface area (Å²) in [4.78, 5) is 37.8. The number of aliphatic imine (C=N–C) groups is 1. The highest BCUT2D eigenvalue weighted by molar-refractivity contribution is 14.0. The maximum atomic E-state index is 12.6. The van der Waals surface area contributed by atoms with Crippen LogP contribution < -0.4 is 5.32 Å². The maximum Gasteiger partial charge on any atom is 0.236 e. The molecule has 0 unspecified atom stereocenters. The minimum atomic E-state index is 0. The van der Waals surface area contributed by atoms with Crippen molar-refractivity contribution in [2.24, 2.45) is 4.99 Å². The quantitative estimate of drug-likeness (QED) is 0.245. The number of nitrogens with one attached hydrogen (secondary N) is 1. The van der Waals surface area contributed by atoms with E-state index in [9.17, 15) is 9.59 Å². The van der Waals surface area contributed by atoms with Gasteiger partial charge in [-0.3, -0.25) is 19.5 Å². The maximum absolute atomic E-state index is 12.6. The molecular formula is C24H37IN6O2. The lowest BCUT2D eigenvalue weighted by Gasteiger charge is -2.36. The Hall–Kier alpha value is -1.88. The number of amides is 2. The molecule has 8 nitrogen and oxygen atoms in total. The van der Waals surface area contributed by atoms with Crippen LogP contribution in [0.15, 0.2) is 29.3 Å². The summed E-state index contributed by atoms with van der Waals surface area (Å²) >= 11 is 0. The lowest BCUT2D eigenvalue weighted by molar-refractivity contribution is -0.132. The van der Waals surface area contributed by atoms with Gasteiger partial charge in [-0.15, -0.1) is 24.0 Å². The van der Waals surface area contributed by atoms with E-state index in [-0.39, 0.29) is 35.8 Å². The number of rotatable bonds is 6. The van der Waals surface area contributed by atoms with E-state index in [2.05, 4.69) is 32.2 Å². The Balaban J connectivity index is 0.00000306. The molecule has 1 N–H and O–H groups in total. The van der Waals surface area contributed by atoms with Gasteiger partial charge < -0.3 is 20.0 Å². The first-order valence-corrected chi connectivity index (χ1v) is 11.9. The van der Waals surface area contributed by atoms with Gasteiger partial charge in [0.15, 0.2) is 5.96 Å². The van der Waals surface area contributed by atoms with Gasteiger partial charge in [0, 0.05) is 72.4 Å². The summed E-state index contributed by atoms with van der Waals surface area (Å²) in [5.41, 5.74) is 2.53. The molecule has 2 amide bonds. The molecular weight excluding hydrogens is 531 g/mol. The van der Waals surface area contributed by atoms with E-state index >= 15 is 0 Å². The molecule has 9 heteroatoms. The second-order valence-electron chi connectivity index (χ2n) is 8.95. The Morgan fingerprint density at radius 1 is 0.879 bits per heavy atom. The summed E-state index contributed by atoms with van der Waals surface area (Å²) in [6.07, 6.45) is 3.61. The Kier molecular flexibility index (Phi) is 9.78. The fourth-order valence-electron chi connectivity index (χ4n) is 4.82. The molecule has 1 aromatic rings. The largest absolute Gasteiger partial charge is 0.356 e. The number of hydrogen-bond acceptors (Lipinski definition) is 4. The molecule has 0 radical (unpaired) electrons. The van der Waals surface area contributed by atoms with Crippen LogP contribution in [0, 0.1) is 0 Å². The highest BCUT2D eigenvalue weighted by Crippen LogP contribution is 2.22. The second-order valence-corrected chi connectivity index (χ2v) is 8.95. The first-order chi connectivity index (χ1) is 15.6. The number of carbonyl (C=O) groups excluding carboxylic acids is 2. The van der Waals surface area contributed by atoms with E-state index in [4.69, 9.17) is 0 Å². The van der Waals surface area contributed by atoms with E-state index in [1.165, 1.54) is 11.1 Å². The fraction of sp³-hybridized carbons (Fsp3) is 0.625. The third-order valence-corrected chi connectivity index (χ3v) is 6.75. The first kappa shape index (κ1) is 25.7. The monoisotopic (exact) mass is 568 g/mol. The van der Waals surface area contributed by atoms with Gasteiger partial charge in [0.25, 0.3) is 0 Å². The first-order valence-electron chi connectivity index (χ1n) is 11.9. The summed E-state index contributed by atoms with van der Waals surface area (Å²) in [6.45, 7) is 8.02. The highest BCUT2D eigenvalue weighted by Gasteiger charge is 2.25. The van der Waals surface area contributed by atoms with Crippen LogP contribution in [-0.4, -0.2) is 96.8 Å². The van der Waals surface area contributed by atoms with Crippen LogP contribution >= 0.6 is 24.0 Å². The molecule has 0 bridgehead atoms. The van der Waals surface area contributed by atoms with Crippen LogP contribution in [-0.2, 0) is 22.7 Å². The zero-order valence-electron chi connectivity index (χ0n) is 19.7. The number of carbonyl (C=O) groups is 2. The third-order valence-electron chi connectivity index (χ3n) is 6.75. The van der Waals surface area contributed by atoms with Gasteiger partial charge in [-0.1, -0.05) is 24.3 Å². The molecule has 3 aliphatic rings. The number of likely N-dealkylation sites (tertiary alicyclic amines) is 1. The van der Waals surface area contributed by atoms with Crippen LogP contribution in [0.1, 0.15) is 36.8 Å². The molecule has 4 rings (SSSR count). The highest BCUT2D eigenvalue weighted by atomic mass is 127. The number of nitrogens with zero attached hydrogens (tertiary/aromatic N) is 5. The molecule has 0 aromatic heterocycles. The van der Waals surface area contributed by atoms with Gasteiger partial charge in [0.05, 0.1) is 6.54 Å². The van der Waals surface area contributed by atoms with E-state index in [0.29, 0.717) is 13.0 Å². The minimum Gasteiger partial charge on any atom is -0.356 e. The SMILES string of the molecule is CN=C(NCCCC(=O)N1Cc2ccccc2C1)N1CCN(CC(=O)N2CCCC2)CC1.I. The van der Waals surface area contributed by atoms with Crippen molar-refractivity contribution < 1.29 is 9.59 Å². The Morgan fingerprint density at radius 3 is 2.12 bits per heavy atom. The summed E-state index contributed by atoms with van der Waals surface area (Å²) < 4.78 is 0. The van der Waals surface area contributed by atoms with E-state index in [0.717, 1.165) is 84.1 Å². The van der Waals surface area contributed by atoms with Gasteiger partial charge in [0.2, 0.25) is 11.8 Å². The van der Waals surface area contributed by atoms with Crippen LogP contribution in [0.2, 0.25) is 0 Å². The summed E-state index contributed by atoms with van der Waals surface area (Å²) in [6, 6.07) is 8.29. The molecule has 33 heavy (non-hydrogen) atoms. The number of piperazine rings is 1. The second kappa shape index (κ2) is 12.5. The van der Waals surface area contributed by atoms with Crippen LogP contribution in [0.25, 0.3) is 0 Å². The van der Waals surface area contributed by atoms with Crippen LogP contribution in [0.4, 0.5) is 0 Å². The lowest BCUT2D eigenvalue weighted by Crippen LogP contribution is -2.54. The predicted octanol–water partition coefficient (Wildman–Crippen LogP) is 1.74. The molecule has 2 fully saturated rings. The van der Waals surface area contributed by atoms with Crippen molar-refractivity contribution in [1.29, 1.82) is 0 Å². The predicted molar refractivity (Wildman–Crippen MR) is 141 cm³/mol. The van der Waals surface area contributed by atoms with Crippen molar-refractivity contribution >= 4 is 41.8 Å². The summed E-state index contributed by atoms with van der Waals surface area (Å²) in [5.74, 6) is 1.37. The average molecular weight is 569 g/mol. The topological polar surface area (TPSA) is 71.5 Å². The molecule has 0 spiro atoms. The van der Waals surface area contributed by atoms with Crippen molar-refractivity contribution in [1.82, 2.24) is 24.9 Å². The molecule has 182 valence electrons. The van der Waals surface area contributed by atoms with Crippen LogP contribution in [0.3, 0.4) is 0 Å². The summed E-state index contributed by atoms with van der Waals surface area (Å²) in [5, 5.41) is 3.41. The lowest BCUT2D eigenvalue weighted by atomic mass is 10.1. The molecule has 2 saturated heterocycles. The number of benzene rings is 1. The van der Waals surface area contributed by atoms with E-state index in [1.54, 1.807) is 7.05 Å². The van der Waals surface area contributed by atoms with Gasteiger partial charge in [-0.05, 0) is 30.4 Å². The Morgan fingerprint density at radius 2 is 1.52 bits per heavy atom. The fourth-order valence-corrected chi connectivity index (χ4v) is 4.82. The minimum absolute atomic E-state index is 0. The smallest absolute Gasteiger partial charge is 0.236 e. The number of fused-ring (bicyclic) bond motifs is 1. The van der Waals surface area contributed by atoms with Gasteiger partial charge in [0.1, 0.15) is 0 Å². The number of hydrogen-bond donors (Lipinski definition) is 1. The van der Waals surface area contributed by atoms with Gasteiger partial charge in [-0.25, -0.2) is 0 Å². The number of halogens is 1. The van der Waals surface area contributed by atoms with Crippen molar-refractivity contribution in [2.75, 3.05) is 59.4 Å². The Bertz CT molecular complexity index is 809. The molecule has 3 aliphatic heterocycles. The van der Waals surface area contributed by atoms with E-state index < -0.39 is 0 Å². The van der Waals surface area contributed by atoms with E-state index in [1.807, 2.05) is 21.9 Å².